The van der Waals surface area contributed by atoms with E-state index in [-0.39, 0.29) is 6.42 Å². The van der Waals surface area contributed by atoms with Gasteiger partial charge in [0, 0.05) is 18.8 Å². The predicted molar refractivity (Wildman–Crippen MR) is 76.1 cm³/mol. The lowest BCUT2D eigenvalue weighted by Crippen LogP contribution is -2.00. The van der Waals surface area contributed by atoms with Crippen LogP contribution in [0.4, 0.5) is 0 Å². The Bertz CT molecular complexity index is 611. The highest BCUT2D eigenvalue weighted by Gasteiger charge is 2.26. The summed E-state index contributed by atoms with van der Waals surface area (Å²) in [5, 5.41) is 12.7. The van der Waals surface area contributed by atoms with E-state index in [1.165, 1.54) is 11.1 Å². The van der Waals surface area contributed by atoms with Gasteiger partial charge in [0.25, 0.3) is 0 Å². The van der Waals surface area contributed by atoms with Crippen molar-refractivity contribution >= 4 is 5.97 Å². The minimum Gasteiger partial charge on any atom is -0.481 e. The number of rotatable bonds is 6. The molecular formula is C16H18N2O3. The van der Waals surface area contributed by atoms with Gasteiger partial charge in [-0.25, -0.2) is 0 Å². The van der Waals surface area contributed by atoms with Crippen molar-refractivity contribution in [3.63, 3.8) is 0 Å². The maximum Gasteiger partial charge on any atom is 0.303 e. The fourth-order valence-electron chi connectivity index (χ4n) is 2.83. The Morgan fingerprint density at radius 1 is 1.24 bits per heavy atom. The van der Waals surface area contributed by atoms with Gasteiger partial charge in [0.15, 0.2) is 5.82 Å². The second kappa shape index (κ2) is 6.08. The first-order valence-corrected chi connectivity index (χ1v) is 7.33. The quantitative estimate of drug-likeness (QED) is 0.826. The number of aromatic nitrogens is 2. The second-order valence-electron chi connectivity index (χ2n) is 5.52. The highest BCUT2D eigenvalue weighted by Crippen LogP contribution is 2.32. The second-order valence-corrected chi connectivity index (χ2v) is 5.52. The predicted octanol–water partition coefficient (Wildman–Crippen LogP) is 2.75. The molecule has 1 aliphatic rings. The van der Waals surface area contributed by atoms with Gasteiger partial charge in [-0.1, -0.05) is 29.4 Å². The van der Waals surface area contributed by atoms with Gasteiger partial charge in [-0.15, -0.1) is 0 Å². The zero-order valence-electron chi connectivity index (χ0n) is 11.8. The lowest BCUT2D eigenvalue weighted by molar-refractivity contribution is -0.137. The van der Waals surface area contributed by atoms with Crippen LogP contribution in [-0.4, -0.2) is 21.2 Å². The van der Waals surface area contributed by atoms with Crippen LogP contribution in [0.5, 0.6) is 0 Å². The third-order valence-corrected chi connectivity index (χ3v) is 3.93. The summed E-state index contributed by atoms with van der Waals surface area (Å²) in [7, 11) is 0. The largest absolute Gasteiger partial charge is 0.481 e. The van der Waals surface area contributed by atoms with Crippen LogP contribution in [0.1, 0.15) is 48.0 Å². The van der Waals surface area contributed by atoms with E-state index in [4.69, 9.17) is 9.63 Å². The molecule has 0 bridgehead atoms. The molecule has 1 N–H and O–H groups in total. The zero-order chi connectivity index (χ0) is 14.7. The number of fused-ring (bicyclic) bond motifs is 1. The van der Waals surface area contributed by atoms with E-state index in [0.29, 0.717) is 24.7 Å². The molecule has 0 spiro atoms. The summed E-state index contributed by atoms with van der Waals surface area (Å²) in [4.78, 5) is 14.9. The van der Waals surface area contributed by atoms with Gasteiger partial charge in [-0.2, -0.15) is 4.98 Å². The molecule has 1 aromatic heterocycles. The average Bonchev–Trinajstić information content (AvgIpc) is 3.09. The third kappa shape index (κ3) is 3.29. The summed E-state index contributed by atoms with van der Waals surface area (Å²) >= 11 is 0. The number of aryl methyl sites for hydroxylation is 1. The van der Waals surface area contributed by atoms with Crippen LogP contribution in [0.15, 0.2) is 28.8 Å². The first-order chi connectivity index (χ1) is 10.2. The summed E-state index contributed by atoms with van der Waals surface area (Å²) in [5.41, 5.74) is 2.74. The van der Waals surface area contributed by atoms with Crippen molar-refractivity contribution in [3.05, 3.63) is 47.1 Å². The van der Waals surface area contributed by atoms with Crippen molar-refractivity contribution < 1.29 is 14.4 Å². The van der Waals surface area contributed by atoms with Gasteiger partial charge in [0.2, 0.25) is 5.89 Å². The Morgan fingerprint density at radius 3 is 2.62 bits per heavy atom. The number of aliphatic carboxylic acids is 1. The molecule has 0 saturated carbocycles. The molecule has 0 unspecified atom stereocenters. The summed E-state index contributed by atoms with van der Waals surface area (Å²) in [6, 6.07) is 8.43. The minimum atomic E-state index is -0.759. The summed E-state index contributed by atoms with van der Waals surface area (Å²) < 4.78 is 5.27. The number of unbranched alkanes of at least 4 members (excludes halogenated alkanes) is 1. The Kier molecular flexibility index (Phi) is 3.99. The molecule has 0 radical (unpaired) electrons. The van der Waals surface area contributed by atoms with E-state index >= 15 is 0 Å². The van der Waals surface area contributed by atoms with Crippen molar-refractivity contribution in [2.45, 2.75) is 44.4 Å². The van der Waals surface area contributed by atoms with Gasteiger partial charge in [-0.05, 0) is 36.8 Å². The maximum atomic E-state index is 10.4. The van der Waals surface area contributed by atoms with Crippen LogP contribution in [0, 0.1) is 0 Å². The fourth-order valence-corrected chi connectivity index (χ4v) is 2.83. The summed E-state index contributed by atoms with van der Waals surface area (Å²) in [6.45, 7) is 0. The average molecular weight is 286 g/mol. The molecule has 3 rings (SSSR count). The zero-order valence-corrected chi connectivity index (χ0v) is 11.8. The molecule has 0 amide bonds. The van der Waals surface area contributed by atoms with Crippen LogP contribution in [-0.2, 0) is 24.1 Å². The summed E-state index contributed by atoms with van der Waals surface area (Å²) in [6.07, 6.45) is 4.18. The smallest absolute Gasteiger partial charge is 0.303 e. The molecule has 5 heteroatoms. The van der Waals surface area contributed by atoms with Crippen molar-refractivity contribution in [3.8, 4) is 0 Å². The molecule has 0 atom stereocenters. The van der Waals surface area contributed by atoms with Gasteiger partial charge in [-0.3, -0.25) is 4.79 Å². The van der Waals surface area contributed by atoms with Crippen LogP contribution in [0.3, 0.4) is 0 Å². The molecule has 0 saturated heterocycles. The van der Waals surface area contributed by atoms with E-state index in [0.717, 1.165) is 25.1 Å². The van der Waals surface area contributed by atoms with E-state index in [1.54, 1.807) is 0 Å². The third-order valence-electron chi connectivity index (χ3n) is 3.93. The molecule has 5 nitrogen and oxygen atoms in total. The molecule has 1 heterocycles. The van der Waals surface area contributed by atoms with Crippen molar-refractivity contribution in [2.24, 2.45) is 0 Å². The molecule has 2 aromatic rings. The number of carbonyl (C=O) groups is 1. The van der Waals surface area contributed by atoms with Gasteiger partial charge < -0.3 is 9.63 Å². The Labute approximate surface area is 123 Å². The molecule has 21 heavy (non-hydrogen) atoms. The number of carboxylic acids is 1. The summed E-state index contributed by atoms with van der Waals surface area (Å²) in [5.74, 6) is 0.939. The van der Waals surface area contributed by atoms with Crippen LogP contribution >= 0.6 is 0 Å². The number of benzene rings is 1. The van der Waals surface area contributed by atoms with Crippen LogP contribution in [0.25, 0.3) is 0 Å². The maximum absolute atomic E-state index is 10.4. The molecular weight excluding hydrogens is 268 g/mol. The van der Waals surface area contributed by atoms with E-state index < -0.39 is 5.97 Å². The first kappa shape index (κ1) is 13.8. The monoisotopic (exact) mass is 286 g/mol. The van der Waals surface area contributed by atoms with Gasteiger partial charge in [0.05, 0.1) is 0 Å². The molecule has 1 aliphatic carbocycles. The van der Waals surface area contributed by atoms with Crippen molar-refractivity contribution in [2.75, 3.05) is 0 Å². The van der Waals surface area contributed by atoms with Crippen molar-refractivity contribution in [1.82, 2.24) is 10.1 Å². The number of nitrogens with zero attached hydrogens (tertiary/aromatic N) is 2. The van der Waals surface area contributed by atoms with E-state index in [9.17, 15) is 4.79 Å². The molecule has 110 valence electrons. The SMILES string of the molecule is O=C(O)CCCCc1nc(C2Cc3ccccc3C2)no1. The van der Waals surface area contributed by atoms with Crippen LogP contribution in [0.2, 0.25) is 0 Å². The molecule has 1 aromatic carbocycles. The van der Waals surface area contributed by atoms with E-state index in [2.05, 4.69) is 34.4 Å². The normalized spacial score (nSPS) is 14.3. The first-order valence-electron chi connectivity index (χ1n) is 7.33. The lowest BCUT2D eigenvalue weighted by atomic mass is 10.1. The Hall–Kier alpha value is -2.17. The van der Waals surface area contributed by atoms with Crippen LogP contribution < -0.4 is 0 Å². The highest BCUT2D eigenvalue weighted by molar-refractivity contribution is 5.66. The van der Waals surface area contributed by atoms with Crippen molar-refractivity contribution in [1.29, 1.82) is 0 Å². The van der Waals surface area contributed by atoms with Gasteiger partial charge >= 0.3 is 5.97 Å². The number of hydrogen-bond acceptors (Lipinski definition) is 4. The Morgan fingerprint density at radius 2 is 1.95 bits per heavy atom. The number of carboxylic acid groups (broad SMARTS) is 1. The van der Waals surface area contributed by atoms with Gasteiger partial charge in [0.1, 0.15) is 0 Å². The topological polar surface area (TPSA) is 76.2 Å². The minimum absolute atomic E-state index is 0.193. The number of hydrogen-bond donors (Lipinski definition) is 1. The highest BCUT2D eigenvalue weighted by atomic mass is 16.5. The molecule has 0 fully saturated rings. The van der Waals surface area contributed by atoms with E-state index in [1.807, 2.05) is 0 Å². The Balaban J connectivity index is 1.55. The lowest BCUT2D eigenvalue weighted by Gasteiger charge is -2.00. The standard InChI is InChI=1S/C16H18N2O3/c19-15(20)8-4-3-7-14-17-16(18-21-14)13-9-11-5-1-2-6-12(11)10-13/h1-2,5-6,13H,3-4,7-10H2,(H,19,20). The fraction of sp³-hybridized carbons (Fsp3) is 0.438. The molecule has 0 aliphatic heterocycles.